The van der Waals surface area contributed by atoms with Crippen molar-refractivity contribution in [3.8, 4) is 5.75 Å². The fraction of sp³-hybridized carbons (Fsp3) is 0. The van der Waals surface area contributed by atoms with Gasteiger partial charge in [0, 0.05) is 3.57 Å². The summed E-state index contributed by atoms with van der Waals surface area (Å²) in [6.45, 7) is 0. The lowest BCUT2D eigenvalue weighted by Gasteiger charge is -2.01. The first-order valence-corrected chi connectivity index (χ1v) is 5.35. The Morgan fingerprint density at radius 1 is 1.20 bits per heavy atom. The summed E-state index contributed by atoms with van der Waals surface area (Å²) < 4.78 is 11.1. The second kappa shape index (κ2) is 4.48. The van der Waals surface area contributed by atoms with Crippen molar-refractivity contribution in [1.82, 2.24) is 0 Å². The van der Waals surface area contributed by atoms with Crippen molar-refractivity contribution < 1.29 is 13.9 Å². The first-order chi connectivity index (χ1) is 7.25. The zero-order valence-corrected chi connectivity index (χ0v) is 9.80. The Bertz CT molecular complexity index is 445. The number of halogens is 1. The number of ether oxygens (including phenoxy) is 1. The van der Waals surface area contributed by atoms with Crippen LogP contribution in [0.2, 0.25) is 0 Å². The van der Waals surface area contributed by atoms with E-state index in [0.717, 1.165) is 3.57 Å². The van der Waals surface area contributed by atoms with E-state index < -0.39 is 5.97 Å². The summed E-state index contributed by atoms with van der Waals surface area (Å²) in [6.07, 6.45) is 1.44. The van der Waals surface area contributed by atoms with Gasteiger partial charge in [-0.15, -0.1) is 0 Å². The maximum Gasteiger partial charge on any atom is 0.379 e. The Kier molecular flexibility index (Phi) is 3.05. The molecule has 0 fully saturated rings. The van der Waals surface area contributed by atoms with Crippen LogP contribution < -0.4 is 4.74 Å². The molecule has 0 aliphatic carbocycles. The van der Waals surface area contributed by atoms with E-state index in [9.17, 15) is 4.79 Å². The fourth-order valence-corrected chi connectivity index (χ4v) is 1.41. The molecule has 0 amide bonds. The minimum atomic E-state index is -0.485. The van der Waals surface area contributed by atoms with Gasteiger partial charge in [-0.2, -0.15) is 0 Å². The second-order valence-corrected chi connectivity index (χ2v) is 4.07. The van der Waals surface area contributed by atoms with Gasteiger partial charge in [-0.3, -0.25) is 0 Å². The summed E-state index contributed by atoms with van der Waals surface area (Å²) >= 11 is 2.18. The lowest BCUT2D eigenvalue weighted by Crippen LogP contribution is -2.06. The summed E-state index contributed by atoms with van der Waals surface area (Å²) in [6, 6.07) is 10.4. The van der Waals surface area contributed by atoms with Crippen LogP contribution in [0.25, 0.3) is 0 Å². The lowest BCUT2D eigenvalue weighted by atomic mass is 10.3. The molecule has 1 aromatic heterocycles. The molecule has 2 rings (SSSR count). The highest BCUT2D eigenvalue weighted by molar-refractivity contribution is 14.1. The Labute approximate surface area is 100 Å². The van der Waals surface area contributed by atoms with Crippen LogP contribution in [0.1, 0.15) is 10.6 Å². The quantitative estimate of drug-likeness (QED) is 0.486. The maximum atomic E-state index is 11.4. The molecule has 2 aromatic rings. The molecule has 76 valence electrons. The molecule has 0 saturated heterocycles. The molecular weight excluding hydrogens is 307 g/mol. The average Bonchev–Trinajstić information content (AvgIpc) is 2.74. The molecule has 0 spiro atoms. The Hall–Kier alpha value is -1.30. The number of rotatable bonds is 2. The maximum absolute atomic E-state index is 11.4. The topological polar surface area (TPSA) is 39.4 Å². The number of hydrogen-bond donors (Lipinski definition) is 0. The molecule has 1 aromatic carbocycles. The molecule has 0 saturated carbocycles. The largest absolute Gasteiger partial charge is 0.457 e. The first kappa shape index (κ1) is 10.2. The van der Waals surface area contributed by atoms with E-state index in [1.165, 1.54) is 6.26 Å². The number of carbonyl (C=O) groups excluding carboxylic acids is 1. The van der Waals surface area contributed by atoms with Crippen LogP contribution in [0.15, 0.2) is 47.1 Å². The standard InChI is InChI=1S/C11H7IO3/c12-8-3-5-9(6-4-8)15-11(13)10-2-1-7-14-10/h1-7H. The molecule has 1 heterocycles. The number of carbonyl (C=O) groups is 1. The van der Waals surface area contributed by atoms with Crippen molar-refractivity contribution in [3.63, 3.8) is 0 Å². The highest BCUT2D eigenvalue weighted by atomic mass is 127. The smallest absolute Gasteiger partial charge is 0.379 e. The minimum absolute atomic E-state index is 0.202. The summed E-state index contributed by atoms with van der Waals surface area (Å²) in [4.78, 5) is 11.4. The third-order valence-electron chi connectivity index (χ3n) is 1.75. The van der Waals surface area contributed by atoms with Crippen LogP contribution in [-0.2, 0) is 0 Å². The summed E-state index contributed by atoms with van der Waals surface area (Å²) in [7, 11) is 0. The van der Waals surface area contributed by atoms with Crippen molar-refractivity contribution in [2.75, 3.05) is 0 Å². The summed E-state index contributed by atoms with van der Waals surface area (Å²) in [5.74, 6) is 0.228. The molecule has 0 radical (unpaired) electrons. The van der Waals surface area contributed by atoms with Gasteiger partial charge in [0.15, 0.2) is 0 Å². The average molecular weight is 314 g/mol. The van der Waals surface area contributed by atoms with Crippen LogP contribution in [-0.4, -0.2) is 5.97 Å². The van der Waals surface area contributed by atoms with E-state index in [4.69, 9.17) is 9.15 Å². The van der Waals surface area contributed by atoms with Gasteiger partial charge in [-0.1, -0.05) is 0 Å². The minimum Gasteiger partial charge on any atom is -0.457 e. The van der Waals surface area contributed by atoms with Gasteiger partial charge in [0.05, 0.1) is 6.26 Å². The van der Waals surface area contributed by atoms with Crippen LogP contribution in [0.3, 0.4) is 0 Å². The van der Waals surface area contributed by atoms with E-state index in [-0.39, 0.29) is 5.76 Å². The number of esters is 1. The molecule has 0 unspecified atom stereocenters. The second-order valence-electron chi connectivity index (χ2n) is 2.82. The lowest BCUT2D eigenvalue weighted by molar-refractivity contribution is 0.0701. The van der Waals surface area contributed by atoms with Crippen molar-refractivity contribution in [1.29, 1.82) is 0 Å². The third-order valence-corrected chi connectivity index (χ3v) is 2.47. The monoisotopic (exact) mass is 314 g/mol. The molecule has 4 heteroatoms. The first-order valence-electron chi connectivity index (χ1n) is 4.27. The van der Waals surface area contributed by atoms with Gasteiger partial charge in [0.25, 0.3) is 0 Å². The zero-order valence-electron chi connectivity index (χ0n) is 7.64. The molecule has 0 aliphatic heterocycles. The highest BCUT2D eigenvalue weighted by Gasteiger charge is 2.10. The van der Waals surface area contributed by atoms with Gasteiger partial charge in [0.2, 0.25) is 5.76 Å². The number of hydrogen-bond acceptors (Lipinski definition) is 3. The van der Waals surface area contributed by atoms with Gasteiger partial charge in [0.1, 0.15) is 5.75 Å². The van der Waals surface area contributed by atoms with E-state index in [1.807, 2.05) is 12.1 Å². The van der Waals surface area contributed by atoms with E-state index >= 15 is 0 Å². The number of benzene rings is 1. The highest BCUT2D eigenvalue weighted by Crippen LogP contribution is 2.15. The Morgan fingerprint density at radius 2 is 1.93 bits per heavy atom. The predicted molar refractivity (Wildman–Crippen MR) is 62.8 cm³/mol. The molecule has 0 atom stereocenters. The normalized spacial score (nSPS) is 9.93. The third kappa shape index (κ3) is 2.59. The van der Waals surface area contributed by atoms with E-state index in [0.29, 0.717) is 5.75 Å². The van der Waals surface area contributed by atoms with Gasteiger partial charge in [-0.25, -0.2) is 4.79 Å². The Morgan fingerprint density at radius 3 is 2.53 bits per heavy atom. The van der Waals surface area contributed by atoms with Crippen molar-refractivity contribution >= 4 is 28.6 Å². The predicted octanol–water partition coefficient (Wildman–Crippen LogP) is 3.10. The van der Waals surface area contributed by atoms with Gasteiger partial charge < -0.3 is 9.15 Å². The van der Waals surface area contributed by atoms with Gasteiger partial charge >= 0.3 is 5.97 Å². The van der Waals surface area contributed by atoms with Crippen LogP contribution in [0.4, 0.5) is 0 Å². The van der Waals surface area contributed by atoms with Gasteiger partial charge in [-0.05, 0) is 59.0 Å². The zero-order chi connectivity index (χ0) is 10.7. The Balaban J connectivity index is 2.09. The molecule has 0 aliphatic rings. The van der Waals surface area contributed by atoms with Crippen LogP contribution >= 0.6 is 22.6 Å². The number of furan rings is 1. The summed E-state index contributed by atoms with van der Waals surface area (Å²) in [5.41, 5.74) is 0. The molecule has 3 nitrogen and oxygen atoms in total. The van der Waals surface area contributed by atoms with Crippen molar-refractivity contribution in [3.05, 3.63) is 52.0 Å². The van der Waals surface area contributed by atoms with E-state index in [1.54, 1.807) is 24.3 Å². The van der Waals surface area contributed by atoms with Crippen LogP contribution in [0.5, 0.6) is 5.75 Å². The molecule has 15 heavy (non-hydrogen) atoms. The van der Waals surface area contributed by atoms with Crippen LogP contribution in [0, 0.1) is 3.57 Å². The molecule has 0 bridgehead atoms. The van der Waals surface area contributed by atoms with E-state index in [2.05, 4.69) is 22.6 Å². The van der Waals surface area contributed by atoms with Crippen molar-refractivity contribution in [2.45, 2.75) is 0 Å². The molecular formula is C11H7IO3. The molecule has 0 N–H and O–H groups in total. The SMILES string of the molecule is O=C(Oc1ccc(I)cc1)c1ccco1. The summed E-state index contributed by atoms with van der Waals surface area (Å²) in [5, 5.41) is 0. The van der Waals surface area contributed by atoms with Crippen molar-refractivity contribution in [2.24, 2.45) is 0 Å². The fourth-order valence-electron chi connectivity index (χ4n) is 1.05.